The third-order valence-electron chi connectivity index (χ3n) is 4.24. The predicted octanol–water partition coefficient (Wildman–Crippen LogP) is 1.91. The summed E-state index contributed by atoms with van der Waals surface area (Å²) in [6, 6.07) is 9.22. The van der Waals surface area contributed by atoms with Gasteiger partial charge >= 0.3 is 5.97 Å². The molecule has 1 heterocycles. The third-order valence-corrected chi connectivity index (χ3v) is 4.24. The van der Waals surface area contributed by atoms with Gasteiger partial charge in [0.25, 0.3) is 5.91 Å². The molecule has 1 aliphatic carbocycles. The fourth-order valence-electron chi connectivity index (χ4n) is 2.95. The van der Waals surface area contributed by atoms with Gasteiger partial charge in [0.1, 0.15) is 0 Å². The number of amides is 1. The molecule has 1 saturated carbocycles. The van der Waals surface area contributed by atoms with Crippen molar-refractivity contribution in [1.29, 1.82) is 0 Å². The summed E-state index contributed by atoms with van der Waals surface area (Å²) >= 11 is 0. The van der Waals surface area contributed by atoms with Crippen molar-refractivity contribution in [2.24, 2.45) is 5.92 Å². The number of hydrogen-bond acceptors (Lipinski definition) is 3. The Kier molecular flexibility index (Phi) is 4.41. The van der Waals surface area contributed by atoms with Gasteiger partial charge in [-0.2, -0.15) is 5.10 Å². The van der Waals surface area contributed by atoms with E-state index < -0.39 is 5.97 Å². The van der Waals surface area contributed by atoms with E-state index in [1.165, 1.54) is 0 Å². The van der Waals surface area contributed by atoms with E-state index >= 15 is 0 Å². The Hall–Kier alpha value is -2.63. The van der Waals surface area contributed by atoms with Crippen LogP contribution in [0, 0.1) is 5.92 Å². The Morgan fingerprint density at radius 3 is 2.65 bits per heavy atom. The number of aliphatic carboxylic acids is 1. The molecule has 120 valence electrons. The number of carbonyl (C=O) groups excluding carboxylic acids is 1. The van der Waals surface area contributed by atoms with Gasteiger partial charge in [0, 0.05) is 24.0 Å². The van der Waals surface area contributed by atoms with Gasteiger partial charge in [0.15, 0.2) is 0 Å². The monoisotopic (exact) mass is 313 g/mol. The number of carbonyl (C=O) groups is 2. The van der Waals surface area contributed by atoms with Crippen LogP contribution >= 0.6 is 0 Å². The van der Waals surface area contributed by atoms with Crippen LogP contribution in [0.15, 0.2) is 42.7 Å². The summed E-state index contributed by atoms with van der Waals surface area (Å²) in [7, 11) is 0. The molecule has 1 aromatic carbocycles. The molecule has 2 N–H and O–H groups in total. The van der Waals surface area contributed by atoms with E-state index in [0.717, 1.165) is 12.0 Å². The van der Waals surface area contributed by atoms with E-state index in [1.807, 2.05) is 29.1 Å². The van der Waals surface area contributed by atoms with Crippen molar-refractivity contribution in [2.75, 3.05) is 0 Å². The standard InChI is InChI=1S/C17H19N3O3/c21-16(19-15-7-6-14(10-15)17(22)23)13-4-2-12(3-5-13)11-20-9-1-8-18-20/h1-5,8-9,14-15H,6-7,10-11H2,(H,19,21)(H,22,23)/t14-,15+/m1/s1. The van der Waals surface area contributed by atoms with E-state index in [2.05, 4.69) is 10.4 Å². The first-order chi connectivity index (χ1) is 11.1. The number of nitrogens with one attached hydrogen (secondary N) is 1. The maximum absolute atomic E-state index is 12.2. The summed E-state index contributed by atoms with van der Waals surface area (Å²) in [4.78, 5) is 23.2. The molecule has 6 nitrogen and oxygen atoms in total. The van der Waals surface area contributed by atoms with E-state index in [1.54, 1.807) is 18.3 Å². The lowest BCUT2D eigenvalue weighted by atomic mass is 10.1. The summed E-state index contributed by atoms with van der Waals surface area (Å²) in [6.07, 6.45) is 5.48. The van der Waals surface area contributed by atoms with Gasteiger partial charge in [-0.3, -0.25) is 14.3 Å². The molecule has 0 unspecified atom stereocenters. The second-order valence-electron chi connectivity index (χ2n) is 5.92. The molecule has 2 atom stereocenters. The minimum atomic E-state index is -0.773. The normalized spacial score (nSPS) is 20.3. The molecule has 6 heteroatoms. The van der Waals surface area contributed by atoms with Gasteiger partial charge in [-0.05, 0) is 43.0 Å². The first-order valence-corrected chi connectivity index (χ1v) is 7.72. The quantitative estimate of drug-likeness (QED) is 0.883. The summed E-state index contributed by atoms with van der Waals surface area (Å²) < 4.78 is 1.82. The molecule has 1 fully saturated rings. The van der Waals surface area contributed by atoms with Gasteiger partial charge in [0.2, 0.25) is 0 Å². The lowest BCUT2D eigenvalue weighted by molar-refractivity contribution is -0.141. The zero-order chi connectivity index (χ0) is 16.2. The SMILES string of the molecule is O=C(N[C@H]1CC[C@@H](C(=O)O)C1)c1ccc(Cn2cccn2)cc1. The van der Waals surface area contributed by atoms with Crippen molar-refractivity contribution in [2.45, 2.75) is 31.8 Å². The summed E-state index contributed by atoms with van der Waals surface area (Å²) in [5.41, 5.74) is 1.66. The molecule has 1 aromatic heterocycles. The zero-order valence-electron chi connectivity index (χ0n) is 12.7. The molecule has 3 rings (SSSR count). The molecule has 0 saturated heterocycles. The number of nitrogens with zero attached hydrogens (tertiary/aromatic N) is 2. The highest BCUT2D eigenvalue weighted by Crippen LogP contribution is 2.25. The smallest absolute Gasteiger partial charge is 0.306 e. The predicted molar refractivity (Wildman–Crippen MR) is 84.0 cm³/mol. The van der Waals surface area contributed by atoms with Crippen LogP contribution in [-0.4, -0.2) is 32.8 Å². The molecule has 0 spiro atoms. The van der Waals surface area contributed by atoms with E-state index in [-0.39, 0.29) is 17.9 Å². The van der Waals surface area contributed by atoms with Gasteiger partial charge in [-0.1, -0.05) is 12.1 Å². The molecule has 2 aromatic rings. The maximum Gasteiger partial charge on any atom is 0.306 e. The highest BCUT2D eigenvalue weighted by molar-refractivity contribution is 5.94. The van der Waals surface area contributed by atoms with Crippen molar-refractivity contribution in [3.8, 4) is 0 Å². The molecule has 1 amide bonds. The minimum absolute atomic E-state index is 0.0487. The Morgan fingerprint density at radius 2 is 2.04 bits per heavy atom. The van der Waals surface area contributed by atoms with E-state index in [9.17, 15) is 9.59 Å². The van der Waals surface area contributed by atoms with Gasteiger partial charge < -0.3 is 10.4 Å². The first-order valence-electron chi connectivity index (χ1n) is 7.72. The fourth-order valence-corrected chi connectivity index (χ4v) is 2.95. The Morgan fingerprint density at radius 1 is 1.26 bits per heavy atom. The summed E-state index contributed by atoms with van der Waals surface area (Å²) in [5.74, 6) is -1.26. The minimum Gasteiger partial charge on any atom is -0.481 e. The highest BCUT2D eigenvalue weighted by atomic mass is 16.4. The van der Waals surface area contributed by atoms with Crippen LogP contribution < -0.4 is 5.32 Å². The van der Waals surface area contributed by atoms with Crippen LogP contribution in [0.3, 0.4) is 0 Å². The fraction of sp³-hybridized carbons (Fsp3) is 0.353. The third kappa shape index (κ3) is 3.77. The van der Waals surface area contributed by atoms with Crippen LogP contribution in [-0.2, 0) is 11.3 Å². The van der Waals surface area contributed by atoms with Gasteiger partial charge in [-0.15, -0.1) is 0 Å². The summed E-state index contributed by atoms with van der Waals surface area (Å²) in [6.45, 7) is 0.664. The molecular weight excluding hydrogens is 294 g/mol. The number of carboxylic acid groups (broad SMARTS) is 1. The number of aromatic nitrogens is 2. The van der Waals surface area contributed by atoms with Crippen LogP contribution in [0.5, 0.6) is 0 Å². The van der Waals surface area contributed by atoms with E-state index in [0.29, 0.717) is 24.9 Å². The van der Waals surface area contributed by atoms with Crippen molar-refractivity contribution in [3.63, 3.8) is 0 Å². The Balaban J connectivity index is 1.56. The average molecular weight is 313 g/mol. The van der Waals surface area contributed by atoms with Gasteiger partial charge in [-0.25, -0.2) is 0 Å². The van der Waals surface area contributed by atoms with Crippen molar-refractivity contribution < 1.29 is 14.7 Å². The second kappa shape index (κ2) is 6.64. The highest BCUT2D eigenvalue weighted by Gasteiger charge is 2.30. The molecule has 23 heavy (non-hydrogen) atoms. The number of carboxylic acids is 1. The van der Waals surface area contributed by atoms with Gasteiger partial charge in [0.05, 0.1) is 12.5 Å². The summed E-state index contributed by atoms with van der Waals surface area (Å²) in [5, 5.41) is 16.1. The zero-order valence-corrected chi connectivity index (χ0v) is 12.7. The second-order valence-corrected chi connectivity index (χ2v) is 5.92. The lowest BCUT2D eigenvalue weighted by Gasteiger charge is -2.12. The van der Waals surface area contributed by atoms with Crippen molar-refractivity contribution in [3.05, 3.63) is 53.9 Å². The largest absolute Gasteiger partial charge is 0.481 e. The molecule has 0 radical (unpaired) electrons. The molecular formula is C17H19N3O3. The van der Waals surface area contributed by atoms with Crippen molar-refractivity contribution >= 4 is 11.9 Å². The molecule has 0 bridgehead atoms. The average Bonchev–Trinajstić information content (AvgIpc) is 3.19. The number of hydrogen-bond donors (Lipinski definition) is 2. The van der Waals surface area contributed by atoms with E-state index in [4.69, 9.17) is 5.11 Å². The van der Waals surface area contributed by atoms with Crippen LogP contribution in [0.2, 0.25) is 0 Å². The van der Waals surface area contributed by atoms with Crippen LogP contribution in [0.4, 0.5) is 0 Å². The van der Waals surface area contributed by atoms with Crippen molar-refractivity contribution in [1.82, 2.24) is 15.1 Å². The molecule has 1 aliphatic rings. The Labute approximate surface area is 134 Å². The molecule has 0 aliphatic heterocycles. The maximum atomic E-state index is 12.2. The number of benzene rings is 1. The topological polar surface area (TPSA) is 84.2 Å². The lowest BCUT2D eigenvalue weighted by Crippen LogP contribution is -2.33. The number of rotatable bonds is 5. The Bertz CT molecular complexity index is 680. The van der Waals surface area contributed by atoms with Crippen LogP contribution in [0.1, 0.15) is 35.2 Å². The first kappa shape index (κ1) is 15.3. The van der Waals surface area contributed by atoms with Crippen LogP contribution in [0.25, 0.3) is 0 Å².